The number of carbonyl (C=O) groups excluding carboxylic acids is 3. The summed E-state index contributed by atoms with van der Waals surface area (Å²) >= 11 is 0. The number of aldehydes is 1. The van der Waals surface area contributed by atoms with Gasteiger partial charge in [0.25, 0.3) is 0 Å². The molecule has 1 fully saturated rings. The lowest BCUT2D eigenvalue weighted by Gasteiger charge is -2.56. The van der Waals surface area contributed by atoms with E-state index in [0.29, 0.717) is 11.8 Å². The van der Waals surface area contributed by atoms with E-state index in [0.717, 1.165) is 0 Å². The van der Waals surface area contributed by atoms with Gasteiger partial charge in [-0.25, -0.2) is 0 Å². The molecule has 0 amide bonds. The minimum atomic E-state index is -2.12. The van der Waals surface area contributed by atoms with Crippen LogP contribution in [0.15, 0.2) is 29.8 Å². The maximum atomic E-state index is 13.4. The van der Waals surface area contributed by atoms with Gasteiger partial charge in [0.05, 0.1) is 17.6 Å². The minimum absolute atomic E-state index is 0.0275. The fraction of sp³-hybridized carbons (Fsp3) is 0.450. The van der Waals surface area contributed by atoms with Crippen molar-refractivity contribution < 1.29 is 33.7 Å². The van der Waals surface area contributed by atoms with E-state index in [1.807, 2.05) is 0 Å². The van der Waals surface area contributed by atoms with Crippen molar-refractivity contribution in [2.24, 2.45) is 5.92 Å². The molecule has 1 heterocycles. The summed E-state index contributed by atoms with van der Waals surface area (Å²) in [5.74, 6) is -3.14. The summed E-state index contributed by atoms with van der Waals surface area (Å²) in [4.78, 5) is 36.6. The highest BCUT2D eigenvalue weighted by Crippen LogP contribution is 2.59. The standard InChI is InChI=1S/C20H20O7/c1-10(22)25-13-7-5-6-12-15(13)17(23)20(24)11(9-21)8-14-16(20)19(12,4)27-18(2,3)26-14/h5-9,14,16,24H,1-4H3/t14-,16+,19-,20-/m1/s1. The van der Waals surface area contributed by atoms with E-state index in [9.17, 15) is 19.5 Å². The highest BCUT2D eigenvalue weighted by Gasteiger charge is 2.69. The molecule has 7 nitrogen and oxygen atoms in total. The zero-order valence-electron chi connectivity index (χ0n) is 15.4. The molecule has 4 rings (SSSR count). The summed E-state index contributed by atoms with van der Waals surface area (Å²) in [6.07, 6.45) is 1.26. The fourth-order valence-corrected chi connectivity index (χ4v) is 4.79. The number of carbonyl (C=O) groups is 3. The lowest BCUT2D eigenvalue weighted by atomic mass is 9.62. The fourth-order valence-electron chi connectivity index (χ4n) is 4.79. The van der Waals surface area contributed by atoms with Crippen molar-refractivity contribution in [3.8, 4) is 5.75 Å². The van der Waals surface area contributed by atoms with E-state index < -0.39 is 40.8 Å². The molecule has 1 N–H and O–H groups in total. The lowest BCUT2D eigenvalue weighted by molar-refractivity contribution is -0.359. The first kappa shape index (κ1) is 18.0. The Kier molecular flexibility index (Phi) is 3.57. The molecule has 0 spiro atoms. The van der Waals surface area contributed by atoms with E-state index in [1.165, 1.54) is 19.1 Å². The van der Waals surface area contributed by atoms with Crippen LogP contribution in [-0.4, -0.2) is 40.6 Å². The highest BCUT2D eigenvalue weighted by molar-refractivity contribution is 6.13. The van der Waals surface area contributed by atoms with Gasteiger partial charge in [-0.15, -0.1) is 0 Å². The quantitative estimate of drug-likeness (QED) is 0.479. The number of ether oxygens (including phenoxy) is 3. The van der Waals surface area contributed by atoms with Crippen LogP contribution in [0.2, 0.25) is 0 Å². The second-order valence-electron chi connectivity index (χ2n) is 7.78. The number of esters is 1. The van der Waals surface area contributed by atoms with E-state index in [-0.39, 0.29) is 16.9 Å². The Balaban J connectivity index is 2.04. The monoisotopic (exact) mass is 372 g/mol. The van der Waals surface area contributed by atoms with Gasteiger partial charge in [-0.1, -0.05) is 12.1 Å². The number of aliphatic hydroxyl groups is 1. The first-order valence-electron chi connectivity index (χ1n) is 8.69. The number of ketones is 1. The van der Waals surface area contributed by atoms with Crippen molar-refractivity contribution in [3.63, 3.8) is 0 Å². The van der Waals surface area contributed by atoms with Crippen LogP contribution in [-0.2, 0) is 24.7 Å². The molecular formula is C20H20O7. The van der Waals surface area contributed by atoms with Gasteiger partial charge in [0.1, 0.15) is 17.6 Å². The Morgan fingerprint density at radius 3 is 2.63 bits per heavy atom. The van der Waals surface area contributed by atoms with Crippen LogP contribution in [0, 0.1) is 5.92 Å². The third-order valence-electron chi connectivity index (χ3n) is 5.55. The Hall–Kier alpha value is -2.35. The molecule has 2 aliphatic carbocycles. The van der Waals surface area contributed by atoms with Gasteiger partial charge in [-0.2, -0.15) is 0 Å². The molecule has 3 aliphatic rings. The number of rotatable bonds is 2. The van der Waals surface area contributed by atoms with Gasteiger partial charge in [0.2, 0.25) is 5.78 Å². The molecule has 1 aliphatic heterocycles. The van der Waals surface area contributed by atoms with Crippen molar-refractivity contribution in [1.82, 2.24) is 0 Å². The van der Waals surface area contributed by atoms with Crippen molar-refractivity contribution in [2.45, 2.75) is 50.8 Å². The predicted octanol–water partition coefficient (Wildman–Crippen LogP) is 1.66. The van der Waals surface area contributed by atoms with Crippen LogP contribution in [0.25, 0.3) is 0 Å². The third-order valence-corrected chi connectivity index (χ3v) is 5.55. The van der Waals surface area contributed by atoms with E-state index in [2.05, 4.69) is 0 Å². The first-order valence-corrected chi connectivity index (χ1v) is 8.69. The molecular weight excluding hydrogens is 352 g/mol. The van der Waals surface area contributed by atoms with Gasteiger partial charge < -0.3 is 19.3 Å². The van der Waals surface area contributed by atoms with Crippen molar-refractivity contribution >= 4 is 18.0 Å². The number of hydrogen-bond donors (Lipinski definition) is 1. The van der Waals surface area contributed by atoms with Crippen molar-refractivity contribution in [1.29, 1.82) is 0 Å². The average molecular weight is 372 g/mol. The average Bonchev–Trinajstić information content (AvgIpc) is 2.85. The van der Waals surface area contributed by atoms with Crippen LogP contribution in [0.3, 0.4) is 0 Å². The third kappa shape index (κ3) is 2.22. The second kappa shape index (κ2) is 5.34. The number of benzene rings is 1. The van der Waals surface area contributed by atoms with Gasteiger partial charge in [0.15, 0.2) is 11.4 Å². The Morgan fingerprint density at radius 2 is 2.00 bits per heavy atom. The Morgan fingerprint density at radius 1 is 1.30 bits per heavy atom. The van der Waals surface area contributed by atoms with Crippen LogP contribution in [0.5, 0.6) is 5.75 Å². The molecule has 7 heteroatoms. The van der Waals surface area contributed by atoms with Gasteiger partial charge >= 0.3 is 5.97 Å². The van der Waals surface area contributed by atoms with Gasteiger partial charge in [-0.05, 0) is 38.5 Å². The smallest absolute Gasteiger partial charge is 0.308 e. The predicted molar refractivity (Wildman–Crippen MR) is 92.1 cm³/mol. The molecule has 0 unspecified atom stereocenters. The molecule has 0 radical (unpaired) electrons. The summed E-state index contributed by atoms with van der Waals surface area (Å²) in [7, 11) is 0. The molecule has 4 atom stereocenters. The molecule has 1 aromatic rings. The van der Waals surface area contributed by atoms with Gasteiger partial charge in [0, 0.05) is 12.5 Å². The summed E-state index contributed by atoms with van der Waals surface area (Å²) in [5.41, 5.74) is -2.82. The largest absolute Gasteiger partial charge is 0.426 e. The van der Waals surface area contributed by atoms with E-state index in [1.54, 1.807) is 32.9 Å². The van der Waals surface area contributed by atoms with Gasteiger partial charge in [-0.3, -0.25) is 14.4 Å². The van der Waals surface area contributed by atoms with Crippen LogP contribution in [0.4, 0.5) is 0 Å². The Labute approximate surface area is 155 Å². The number of fused-ring (bicyclic) bond motifs is 2. The Bertz CT molecular complexity index is 915. The normalized spacial score (nSPS) is 35.7. The summed E-state index contributed by atoms with van der Waals surface area (Å²) in [5, 5.41) is 11.4. The zero-order valence-corrected chi connectivity index (χ0v) is 15.4. The summed E-state index contributed by atoms with van der Waals surface area (Å²) < 4.78 is 17.3. The highest BCUT2D eigenvalue weighted by atomic mass is 16.7. The maximum Gasteiger partial charge on any atom is 0.308 e. The van der Waals surface area contributed by atoms with Crippen LogP contribution < -0.4 is 4.74 Å². The summed E-state index contributed by atoms with van der Waals surface area (Å²) in [6.45, 7) is 6.44. The SMILES string of the molecule is CC(=O)Oc1cccc2c1C(=O)[C@@]1(O)C(C=O)=C[C@H]3OC(C)(C)O[C@@]2(C)[C@H]31. The maximum absolute atomic E-state index is 13.4. The lowest BCUT2D eigenvalue weighted by Crippen LogP contribution is -2.66. The molecule has 0 bridgehead atoms. The molecule has 1 saturated heterocycles. The van der Waals surface area contributed by atoms with Crippen LogP contribution in [0.1, 0.15) is 43.6 Å². The minimum Gasteiger partial charge on any atom is -0.426 e. The summed E-state index contributed by atoms with van der Waals surface area (Å²) in [6, 6.07) is 4.84. The number of hydrogen-bond acceptors (Lipinski definition) is 7. The van der Waals surface area contributed by atoms with Crippen LogP contribution >= 0.6 is 0 Å². The second-order valence-corrected chi connectivity index (χ2v) is 7.78. The molecule has 1 aromatic carbocycles. The van der Waals surface area contributed by atoms with Crippen molar-refractivity contribution in [2.75, 3.05) is 0 Å². The number of Topliss-reactive ketones (excluding diaryl/α,β-unsaturated/α-hetero) is 1. The molecule has 0 saturated carbocycles. The van der Waals surface area contributed by atoms with E-state index >= 15 is 0 Å². The molecule has 142 valence electrons. The van der Waals surface area contributed by atoms with Crippen molar-refractivity contribution in [3.05, 3.63) is 41.0 Å². The topological polar surface area (TPSA) is 99.1 Å². The zero-order chi connectivity index (χ0) is 19.8. The van der Waals surface area contributed by atoms with E-state index in [4.69, 9.17) is 14.2 Å². The first-order chi connectivity index (χ1) is 12.5. The molecule has 0 aromatic heterocycles. The molecule has 27 heavy (non-hydrogen) atoms.